The molecule has 0 amide bonds. The van der Waals surface area contributed by atoms with E-state index in [1.165, 1.54) is 13.8 Å². The Morgan fingerprint density at radius 1 is 0.938 bits per heavy atom. The van der Waals surface area contributed by atoms with Gasteiger partial charge in [-0.1, -0.05) is 0 Å². The fraction of sp³-hybridized carbons (Fsp3) is 0.364. The van der Waals surface area contributed by atoms with E-state index in [4.69, 9.17) is 0 Å². The van der Waals surface area contributed by atoms with E-state index in [0.717, 1.165) is 0 Å². The number of carbonyl (C=O) groups excluding carboxylic acids is 1. The van der Waals surface area contributed by atoms with Crippen LogP contribution in [0.2, 0.25) is 0 Å². The van der Waals surface area contributed by atoms with Crippen molar-refractivity contribution in [3.8, 4) is 0 Å². The average molecular weight is 244 g/mol. The second kappa shape index (κ2) is 3.97. The molecule has 0 fully saturated rings. The highest BCUT2D eigenvalue weighted by molar-refractivity contribution is 7.86. The Labute approximate surface area is 94.5 Å². The summed E-state index contributed by atoms with van der Waals surface area (Å²) in [5.74, 6) is 0. The topological polar surface area (TPSA) is 51.2 Å². The molecule has 1 aromatic rings. The molecule has 0 saturated carbocycles. The predicted molar refractivity (Wildman–Crippen MR) is 59.1 cm³/mol. The van der Waals surface area contributed by atoms with Gasteiger partial charge in [-0.25, -0.2) is 0 Å². The van der Waals surface area contributed by atoms with Crippen LogP contribution in [0, 0.1) is 27.7 Å². The van der Waals surface area contributed by atoms with E-state index < -0.39 is 10.2 Å². The van der Waals surface area contributed by atoms with Crippen molar-refractivity contribution in [2.24, 2.45) is 0 Å². The summed E-state index contributed by atoms with van der Waals surface area (Å²) < 4.78 is 35.2. The molecule has 5 heteroatoms. The molecule has 1 aromatic carbocycles. The van der Waals surface area contributed by atoms with Crippen LogP contribution in [0.5, 0.6) is 0 Å². The van der Waals surface area contributed by atoms with Gasteiger partial charge >= 0.3 is 10.2 Å². The summed E-state index contributed by atoms with van der Waals surface area (Å²) in [4.78, 5) is 10.5. The van der Waals surface area contributed by atoms with Crippen LogP contribution in [-0.2, 0) is 10.2 Å². The second-order valence-electron chi connectivity index (χ2n) is 3.80. The van der Waals surface area contributed by atoms with Gasteiger partial charge in [0.2, 0.25) is 0 Å². The van der Waals surface area contributed by atoms with E-state index in [1.807, 2.05) is 0 Å². The summed E-state index contributed by atoms with van der Waals surface area (Å²) in [5, 5.41) is 0. The van der Waals surface area contributed by atoms with Crippen molar-refractivity contribution < 1.29 is 17.1 Å². The standard InChI is InChI=1S/C11H13FO3S/c1-6-7(2)10(5-13)9(4)11(8(6)3)16(12,14)15/h5H,1-4H3. The molecular weight excluding hydrogens is 231 g/mol. The number of halogens is 1. The summed E-state index contributed by atoms with van der Waals surface area (Å²) >= 11 is 0. The zero-order valence-corrected chi connectivity index (χ0v) is 10.4. The van der Waals surface area contributed by atoms with Gasteiger partial charge in [0.15, 0.2) is 6.29 Å². The SMILES string of the molecule is Cc1c(C)c(C=O)c(C)c(S(=O)(=O)F)c1C. The smallest absolute Gasteiger partial charge is 0.298 e. The maximum absolute atomic E-state index is 13.1. The monoisotopic (exact) mass is 244 g/mol. The minimum atomic E-state index is -4.79. The van der Waals surface area contributed by atoms with Gasteiger partial charge < -0.3 is 0 Å². The predicted octanol–water partition coefficient (Wildman–Crippen LogP) is 2.39. The highest BCUT2D eigenvalue weighted by Gasteiger charge is 2.23. The fourth-order valence-corrected chi connectivity index (χ4v) is 2.88. The molecule has 88 valence electrons. The van der Waals surface area contributed by atoms with Crippen molar-refractivity contribution in [3.63, 3.8) is 0 Å². The third-order valence-corrected chi connectivity index (χ3v) is 4.08. The molecule has 0 atom stereocenters. The van der Waals surface area contributed by atoms with Crippen molar-refractivity contribution in [2.45, 2.75) is 32.6 Å². The van der Waals surface area contributed by atoms with E-state index in [0.29, 0.717) is 23.0 Å². The molecular formula is C11H13FO3S. The van der Waals surface area contributed by atoms with Gasteiger partial charge in [-0.3, -0.25) is 4.79 Å². The van der Waals surface area contributed by atoms with Crippen molar-refractivity contribution >= 4 is 16.5 Å². The van der Waals surface area contributed by atoms with Gasteiger partial charge in [0.25, 0.3) is 0 Å². The Kier molecular flexibility index (Phi) is 3.19. The third kappa shape index (κ3) is 1.87. The normalized spacial score (nSPS) is 11.6. The molecule has 0 aliphatic heterocycles. The summed E-state index contributed by atoms with van der Waals surface area (Å²) in [6.45, 7) is 6.37. The summed E-state index contributed by atoms with van der Waals surface area (Å²) in [6.07, 6.45) is 0.561. The van der Waals surface area contributed by atoms with Crippen LogP contribution >= 0.6 is 0 Å². The van der Waals surface area contributed by atoms with Gasteiger partial charge in [-0.15, -0.1) is 3.89 Å². The largest absolute Gasteiger partial charge is 0.332 e. The van der Waals surface area contributed by atoms with Crippen LogP contribution in [0.15, 0.2) is 4.90 Å². The Hall–Kier alpha value is -1.23. The van der Waals surface area contributed by atoms with E-state index in [1.54, 1.807) is 13.8 Å². The van der Waals surface area contributed by atoms with Gasteiger partial charge in [-0.2, -0.15) is 8.42 Å². The van der Waals surface area contributed by atoms with Crippen molar-refractivity contribution in [3.05, 3.63) is 27.8 Å². The molecule has 0 aliphatic rings. The fourth-order valence-electron chi connectivity index (χ4n) is 1.88. The molecule has 0 heterocycles. The lowest BCUT2D eigenvalue weighted by atomic mass is 9.95. The maximum atomic E-state index is 13.1. The highest BCUT2D eigenvalue weighted by Crippen LogP contribution is 2.30. The van der Waals surface area contributed by atoms with Crippen LogP contribution in [0.3, 0.4) is 0 Å². The Morgan fingerprint density at radius 2 is 1.44 bits per heavy atom. The number of carbonyl (C=O) groups is 1. The molecule has 1 rings (SSSR count). The molecule has 16 heavy (non-hydrogen) atoms. The molecule has 0 N–H and O–H groups in total. The molecule has 0 unspecified atom stereocenters. The number of aldehydes is 1. The Balaban J connectivity index is 3.91. The molecule has 0 aliphatic carbocycles. The minimum absolute atomic E-state index is 0.179. The van der Waals surface area contributed by atoms with Gasteiger partial charge in [0, 0.05) is 5.56 Å². The van der Waals surface area contributed by atoms with Gasteiger partial charge in [0.1, 0.15) is 4.90 Å². The molecule has 0 spiro atoms. The van der Waals surface area contributed by atoms with E-state index in [-0.39, 0.29) is 16.0 Å². The zero-order chi connectivity index (χ0) is 12.7. The lowest BCUT2D eigenvalue weighted by Gasteiger charge is -2.14. The van der Waals surface area contributed by atoms with Crippen molar-refractivity contribution in [2.75, 3.05) is 0 Å². The summed E-state index contributed by atoms with van der Waals surface area (Å²) in [6, 6.07) is 0. The average Bonchev–Trinajstić information content (AvgIpc) is 2.13. The Morgan fingerprint density at radius 3 is 1.81 bits per heavy atom. The van der Waals surface area contributed by atoms with Crippen LogP contribution < -0.4 is 0 Å². The first-order valence-corrected chi connectivity index (χ1v) is 6.10. The zero-order valence-electron chi connectivity index (χ0n) is 9.59. The van der Waals surface area contributed by atoms with Gasteiger partial charge in [0.05, 0.1) is 0 Å². The maximum Gasteiger partial charge on any atom is 0.332 e. The molecule has 0 bridgehead atoms. The number of hydrogen-bond acceptors (Lipinski definition) is 3. The first-order chi connectivity index (χ1) is 7.21. The van der Waals surface area contributed by atoms with Crippen LogP contribution in [-0.4, -0.2) is 14.7 Å². The Bertz CT molecular complexity index is 559. The summed E-state index contributed by atoms with van der Waals surface area (Å²) in [7, 11) is -4.79. The molecule has 0 aromatic heterocycles. The molecule has 0 radical (unpaired) electrons. The lowest BCUT2D eigenvalue weighted by molar-refractivity contribution is 0.112. The second-order valence-corrected chi connectivity index (χ2v) is 5.08. The summed E-state index contributed by atoms with van der Waals surface area (Å²) in [5.41, 5.74) is 2.11. The quantitative estimate of drug-likeness (QED) is 0.593. The van der Waals surface area contributed by atoms with E-state index >= 15 is 0 Å². The van der Waals surface area contributed by atoms with Crippen molar-refractivity contribution in [1.82, 2.24) is 0 Å². The molecule has 3 nitrogen and oxygen atoms in total. The van der Waals surface area contributed by atoms with Gasteiger partial charge in [-0.05, 0) is 49.9 Å². The van der Waals surface area contributed by atoms with E-state index in [2.05, 4.69) is 0 Å². The van der Waals surface area contributed by atoms with Crippen molar-refractivity contribution in [1.29, 1.82) is 0 Å². The van der Waals surface area contributed by atoms with Crippen LogP contribution in [0.4, 0.5) is 3.89 Å². The van der Waals surface area contributed by atoms with Crippen LogP contribution in [0.1, 0.15) is 32.6 Å². The van der Waals surface area contributed by atoms with E-state index in [9.17, 15) is 17.1 Å². The highest BCUT2D eigenvalue weighted by atomic mass is 32.3. The number of hydrogen-bond donors (Lipinski definition) is 0. The third-order valence-electron chi connectivity index (χ3n) is 2.98. The minimum Gasteiger partial charge on any atom is -0.298 e. The van der Waals surface area contributed by atoms with Crippen LogP contribution in [0.25, 0.3) is 0 Å². The first kappa shape index (κ1) is 12.8. The number of benzene rings is 1. The lowest BCUT2D eigenvalue weighted by Crippen LogP contribution is -2.07. The molecule has 0 saturated heterocycles. The first-order valence-electron chi connectivity index (χ1n) is 4.72. The number of rotatable bonds is 2.